The molecule has 2 aromatic rings. The van der Waals surface area contributed by atoms with Crippen LogP contribution in [0.4, 0.5) is 5.82 Å². The zero-order chi connectivity index (χ0) is 36.2. The number of aromatic nitrogens is 4. The first-order valence-corrected chi connectivity index (χ1v) is 17.1. The molecule has 4 heterocycles. The molecule has 0 spiro atoms. The summed E-state index contributed by atoms with van der Waals surface area (Å²) >= 11 is 0. The Balaban J connectivity index is 0.976. The van der Waals surface area contributed by atoms with E-state index in [1.165, 1.54) is 17.2 Å². The topological polar surface area (TPSA) is 341 Å². The molecular weight excluding hydrogens is 662 g/mol. The fourth-order valence-electron chi connectivity index (χ4n) is 6.70. The van der Waals surface area contributed by atoms with Gasteiger partial charge in [-0.15, -0.1) is 0 Å². The van der Waals surface area contributed by atoms with Gasteiger partial charge in [0.1, 0.15) is 60.6 Å². The molecule has 20 nitrogen and oxygen atoms in total. The summed E-state index contributed by atoms with van der Waals surface area (Å²) in [6.45, 7) is 0.443. The van der Waals surface area contributed by atoms with E-state index in [-0.39, 0.29) is 32.0 Å². The zero-order valence-electron chi connectivity index (χ0n) is 27.8. The molecule has 284 valence electrons. The number of nitrogens with zero attached hydrogens (tertiary/aromatic N) is 4. The molecule has 3 aliphatic rings. The molecule has 0 aromatic carbocycles. The number of nitrogens with two attached hydrogens (primary N) is 5. The highest BCUT2D eigenvalue weighted by atomic mass is 16.7. The molecule has 16 N–H and O–H groups in total. The monoisotopic (exact) mass is 715 g/mol. The van der Waals surface area contributed by atoms with Crippen LogP contribution in [-0.2, 0) is 23.7 Å². The van der Waals surface area contributed by atoms with Gasteiger partial charge in [0.05, 0.1) is 25.6 Å². The van der Waals surface area contributed by atoms with Crippen molar-refractivity contribution in [2.75, 3.05) is 32.1 Å². The van der Waals surface area contributed by atoms with E-state index in [0.29, 0.717) is 24.2 Å². The van der Waals surface area contributed by atoms with Gasteiger partial charge in [0.15, 0.2) is 24.0 Å². The molecule has 0 amide bonds. The van der Waals surface area contributed by atoms with Crippen molar-refractivity contribution in [2.45, 2.75) is 130 Å². The number of fused-ring (bicyclic) bond motifs is 1. The van der Waals surface area contributed by atoms with Crippen LogP contribution in [0.3, 0.4) is 0 Å². The minimum absolute atomic E-state index is 0.0826. The average molecular weight is 716 g/mol. The molecule has 2 aromatic heterocycles. The highest BCUT2D eigenvalue weighted by molar-refractivity contribution is 5.81. The van der Waals surface area contributed by atoms with Crippen molar-refractivity contribution in [3.8, 4) is 0 Å². The summed E-state index contributed by atoms with van der Waals surface area (Å²) in [5.41, 5.74) is 30.6. The number of rotatable bonds is 16. The Morgan fingerprint density at radius 2 is 1.54 bits per heavy atom. The number of aliphatic hydroxyl groups excluding tert-OH is 5. The predicted molar refractivity (Wildman–Crippen MR) is 174 cm³/mol. The van der Waals surface area contributed by atoms with Crippen molar-refractivity contribution in [3.05, 3.63) is 12.7 Å². The van der Waals surface area contributed by atoms with Crippen LogP contribution in [0.25, 0.3) is 11.2 Å². The van der Waals surface area contributed by atoms with E-state index in [1.807, 2.05) is 0 Å². The average Bonchev–Trinajstić information content (AvgIpc) is 3.65. The Morgan fingerprint density at radius 1 is 0.840 bits per heavy atom. The molecule has 0 bridgehead atoms. The van der Waals surface area contributed by atoms with Crippen LogP contribution in [0.1, 0.15) is 51.2 Å². The fourth-order valence-corrected chi connectivity index (χ4v) is 6.70. The van der Waals surface area contributed by atoms with Crippen molar-refractivity contribution in [3.63, 3.8) is 0 Å². The molecule has 2 aliphatic heterocycles. The summed E-state index contributed by atoms with van der Waals surface area (Å²) in [5.74, 6) is -2.06. The molecule has 3 fully saturated rings. The van der Waals surface area contributed by atoms with Gasteiger partial charge in [0.25, 0.3) is 0 Å². The van der Waals surface area contributed by atoms with Crippen molar-refractivity contribution < 1.29 is 54.3 Å². The Labute approximate surface area is 288 Å². The van der Waals surface area contributed by atoms with Gasteiger partial charge in [-0.2, -0.15) is 0 Å². The van der Waals surface area contributed by atoms with Gasteiger partial charge in [-0.05, 0) is 19.3 Å². The molecule has 50 heavy (non-hydrogen) atoms. The van der Waals surface area contributed by atoms with Gasteiger partial charge in [0, 0.05) is 25.2 Å². The highest BCUT2D eigenvalue weighted by Crippen LogP contribution is 2.34. The number of imidazole rings is 1. The Kier molecular flexibility index (Phi) is 13.3. The molecule has 14 atom stereocenters. The lowest BCUT2D eigenvalue weighted by atomic mass is 9.84. The third-order valence-corrected chi connectivity index (χ3v) is 9.77. The second kappa shape index (κ2) is 17.1. The summed E-state index contributed by atoms with van der Waals surface area (Å²) < 4.78 is 30.4. The third kappa shape index (κ3) is 8.19. The molecule has 0 unspecified atom stereocenters. The molecular formula is C30H53N9O11. The maximum atomic E-state index is 11.3. The van der Waals surface area contributed by atoms with Crippen LogP contribution < -0.4 is 28.7 Å². The summed E-state index contributed by atoms with van der Waals surface area (Å²) in [6, 6.07) is -2.87. The molecule has 20 heteroatoms. The lowest BCUT2D eigenvalue weighted by molar-refractivity contribution is -0.371. The van der Waals surface area contributed by atoms with Crippen LogP contribution in [0.2, 0.25) is 0 Å². The fraction of sp³-hybridized carbons (Fsp3) is 0.833. The van der Waals surface area contributed by atoms with Gasteiger partial charge in [-0.3, -0.25) is 4.57 Å². The molecule has 1 aliphatic carbocycles. The summed E-state index contributed by atoms with van der Waals surface area (Å²) in [4.78, 5) is 12.2. The van der Waals surface area contributed by atoms with Crippen molar-refractivity contribution in [1.82, 2.24) is 19.5 Å². The van der Waals surface area contributed by atoms with Gasteiger partial charge in [-0.25, -0.2) is 15.0 Å². The second-order valence-corrected chi connectivity index (χ2v) is 13.3. The van der Waals surface area contributed by atoms with Crippen LogP contribution in [0.5, 0.6) is 0 Å². The molecule has 2 saturated heterocycles. The number of ether oxygens (including phenoxy) is 5. The van der Waals surface area contributed by atoms with E-state index >= 15 is 0 Å². The Bertz CT molecular complexity index is 1360. The first kappa shape index (κ1) is 39.0. The Morgan fingerprint density at radius 3 is 2.26 bits per heavy atom. The zero-order valence-corrected chi connectivity index (χ0v) is 27.8. The first-order chi connectivity index (χ1) is 23.9. The number of anilines is 1. The number of hydrogen-bond acceptors (Lipinski definition) is 19. The maximum absolute atomic E-state index is 11.3. The van der Waals surface area contributed by atoms with Crippen molar-refractivity contribution in [2.24, 2.45) is 22.9 Å². The van der Waals surface area contributed by atoms with E-state index in [1.54, 1.807) is 0 Å². The van der Waals surface area contributed by atoms with Crippen LogP contribution >= 0.6 is 0 Å². The van der Waals surface area contributed by atoms with Gasteiger partial charge in [-0.1, -0.05) is 25.7 Å². The van der Waals surface area contributed by atoms with E-state index in [2.05, 4.69) is 15.0 Å². The van der Waals surface area contributed by atoms with Crippen LogP contribution in [-0.4, -0.2) is 156 Å². The number of nitrogen functional groups attached to an aromatic ring is 1. The van der Waals surface area contributed by atoms with Crippen LogP contribution in [0, 0.1) is 0 Å². The molecule has 0 radical (unpaired) electrons. The minimum atomic E-state index is -2.26. The van der Waals surface area contributed by atoms with Crippen molar-refractivity contribution in [1.29, 1.82) is 0 Å². The van der Waals surface area contributed by atoms with Crippen LogP contribution in [0.15, 0.2) is 12.7 Å². The molecule has 5 rings (SSSR count). The third-order valence-electron chi connectivity index (χ3n) is 9.77. The van der Waals surface area contributed by atoms with E-state index in [4.69, 9.17) is 52.4 Å². The van der Waals surface area contributed by atoms with E-state index in [9.17, 15) is 30.6 Å². The van der Waals surface area contributed by atoms with Crippen molar-refractivity contribution >= 4 is 17.0 Å². The summed E-state index contributed by atoms with van der Waals surface area (Å²) in [5, 5.41) is 64.0. The number of hydrogen-bond donors (Lipinski definition) is 11. The smallest absolute Gasteiger partial charge is 0.215 e. The summed E-state index contributed by atoms with van der Waals surface area (Å²) in [7, 11) is 0. The lowest BCUT2D eigenvalue weighted by Gasteiger charge is -2.50. The minimum Gasteiger partial charge on any atom is -0.389 e. The quantitative estimate of drug-likeness (QED) is 0.0577. The van der Waals surface area contributed by atoms with Gasteiger partial charge < -0.3 is 83.0 Å². The van der Waals surface area contributed by atoms with Gasteiger partial charge >= 0.3 is 0 Å². The second-order valence-electron chi connectivity index (χ2n) is 13.3. The lowest BCUT2D eigenvalue weighted by Crippen LogP contribution is -2.73. The largest absolute Gasteiger partial charge is 0.389 e. The Hall–Kier alpha value is -2.25. The maximum Gasteiger partial charge on any atom is 0.215 e. The first-order valence-electron chi connectivity index (χ1n) is 17.1. The predicted octanol–water partition coefficient (Wildman–Crippen LogP) is -4.37. The van der Waals surface area contributed by atoms with E-state index < -0.39 is 85.3 Å². The normalized spacial score (nSPS) is 39.4. The number of unbranched alkanes of at least 4 members (excludes halogenated alkanes) is 5. The summed E-state index contributed by atoms with van der Waals surface area (Å²) in [6.07, 6.45) is -4.14. The van der Waals surface area contributed by atoms with E-state index in [0.717, 1.165) is 32.1 Å². The molecule has 1 saturated carbocycles. The number of aliphatic hydroxyl groups is 6. The van der Waals surface area contributed by atoms with Gasteiger partial charge in [0.2, 0.25) is 5.79 Å². The standard InChI is InChI=1S/C30H53N9O11/c31-10-16-25(44)30(45,24(34)29(49-16)50-23-15(33)9-14(32)19(40)21(23)42)47-8-6-4-2-1-3-5-7-46-11-17-20(41)22(43)28(48-17)39-13-38-18-26(35)36-12-37-27(18)39/h12-17,19-25,28-29,40-45H,1-11,31-34H2,(H2,35,36,37)/t14-,15+,16+,17+,19+,20+,21-,22+,23-,24-,25+,28+,29+,30-/m0/s1. The highest BCUT2D eigenvalue weighted by Gasteiger charge is 2.57. The SMILES string of the molecule is NC[C@H]1O[C@H](O[C@@H]2[C@@H](O)[C@H](O)[C@@H](N)C[C@H]2N)[C@H](N)[C@](O)(OCCCCCCCCOC[C@H]2O[C@@H](n3cnc4c(N)ncnc43)[C@H](O)[C@@H]2O)[C@@H]1O.